The summed E-state index contributed by atoms with van der Waals surface area (Å²) >= 11 is 0. The van der Waals surface area contributed by atoms with Gasteiger partial charge in [-0.25, -0.2) is 13.2 Å². The third-order valence-corrected chi connectivity index (χ3v) is 4.79. The topological polar surface area (TPSA) is 66.4 Å². The first-order valence-corrected chi connectivity index (χ1v) is 7.92. The average Bonchev–Trinajstić information content (AvgIpc) is 2.50. The van der Waals surface area contributed by atoms with Gasteiger partial charge in [0.15, 0.2) is 11.6 Å². The lowest BCUT2D eigenvalue weighted by molar-refractivity contribution is -0.145. The lowest BCUT2D eigenvalue weighted by Gasteiger charge is -2.37. The second-order valence-corrected chi connectivity index (χ2v) is 6.52. The van der Waals surface area contributed by atoms with E-state index in [1.165, 1.54) is 6.92 Å². The number of nitrogens with one attached hydrogen (secondary N) is 1. The van der Waals surface area contributed by atoms with Crippen molar-refractivity contribution in [2.75, 3.05) is 5.32 Å². The smallest absolute Gasteiger partial charge is 0.304 e. The van der Waals surface area contributed by atoms with E-state index in [0.29, 0.717) is 25.0 Å². The molecule has 2 N–H and O–H groups in total. The predicted octanol–water partition coefficient (Wildman–Crippen LogP) is 4.10. The average molecular weight is 343 g/mol. The first-order valence-electron chi connectivity index (χ1n) is 7.92. The van der Waals surface area contributed by atoms with Crippen molar-refractivity contribution >= 4 is 17.6 Å². The Morgan fingerprint density at radius 2 is 1.71 bits per heavy atom. The van der Waals surface area contributed by atoms with E-state index < -0.39 is 46.9 Å². The normalized spacial score (nSPS) is 18.0. The number of halogens is 3. The van der Waals surface area contributed by atoms with Crippen molar-refractivity contribution in [3.63, 3.8) is 0 Å². The van der Waals surface area contributed by atoms with Crippen LogP contribution in [0.15, 0.2) is 12.1 Å². The highest BCUT2D eigenvalue weighted by Crippen LogP contribution is 2.42. The van der Waals surface area contributed by atoms with Crippen LogP contribution < -0.4 is 5.32 Å². The molecule has 1 atom stereocenters. The zero-order chi connectivity index (χ0) is 17.9. The third-order valence-electron chi connectivity index (χ3n) is 4.79. The molecule has 0 heterocycles. The number of amides is 1. The monoisotopic (exact) mass is 343 g/mol. The molecule has 0 bridgehead atoms. The molecule has 1 unspecified atom stereocenters. The Bertz CT molecular complexity index is 621. The van der Waals surface area contributed by atoms with Crippen molar-refractivity contribution in [2.45, 2.75) is 45.4 Å². The van der Waals surface area contributed by atoms with Gasteiger partial charge >= 0.3 is 5.97 Å². The number of carbonyl (C=O) groups excluding carboxylic acids is 1. The van der Waals surface area contributed by atoms with E-state index in [-0.39, 0.29) is 5.92 Å². The zero-order valence-electron chi connectivity index (χ0n) is 13.4. The minimum atomic E-state index is -1.29. The second-order valence-electron chi connectivity index (χ2n) is 6.52. The molecule has 1 fully saturated rings. The van der Waals surface area contributed by atoms with E-state index in [9.17, 15) is 22.8 Å². The van der Waals surface area contributed by atoms with Gasteiger partial charge in [-0.1, -0.05) is 19.3 Å². The van der Waals surface area contributed by atoms with Gasteiger partial charge in [-0.3, -0.25) is 9.59 Å². The number of carbonyl (C=O) groups is 2. The molecule has 132 valence electrons. The lowest BCUT2D eigenvalue weighted by atomic mass is 9.67. The maximum atomic E-state index is 13.8. The molecule has 1 saturated carbocycles. The summed E-state index contributed by atoms with van der Waals surface area (Å²) in [4.78, 5) is 23.9. The Morgan fingerprint density at radius 1 is 1.17 bits per heavy atom. The Kier molecular flexibility index (Phi) is 5.51. The molecule has 0 aromatic heterocycles. The highest BCUT2D eigenvalue weighted by Gasteiger charge is 2.43. The van der Waals surface area contributed by atoms with E-state index in [4.69, 9.17) is 5.11 Å². The summed E-state index contributed by atoms with van der Waals surface area (Å²) in [5.74, 6) is -5.67. The number of carboxylic acids is 1. The first kappa shape index (κ1) is 18.3. The first-order chi connectivity index (χ1) is 11.2. The fourth-order valence-corrected chi connectivity index (χ4v) is 3.38. The molecule has 0 aliphatic heterocycles. The molecular weight excluding hydrogens is 323 g/mol. The summed E-state index contributed by atoms with van der Waals surface area (Å²) in [6, 6.07) is 0.932. The standard InChI is InChI=1S/C17H20F3NO3/c1-17(9-14(22)23,10-5-3-2-4-6-10)16(24)21-15-12(19)7-11(18)8-13(15)20/h7-8,10H,2-6,9H2,1H3,(H,21,24)(H,22,23). The molecule has 24 heavy (non-hydrogen) atoms. The number of aliphatic carboxylic acids is 1. The third kappa shape index (κ3) is 3.88. The van der Waals surface area contributed by atoms with Crippen LogP contribution in [0.2, 0.25) is 0 Å². The van der Waals surface area contributed by atoms with Crippen LogP contribution in [0.5, 0.6) is 0 Å². The van der Waals surface area contributed by atoms with Crippen molar-refractivity contribution in [2.24, 2.45) is 11.3 Å². The number of hydrogen-bond acceptors (Lipinski definition) is 2. The van der Waals surface area contributed by atoms with Gasteiger partial charge in [0.25, 0.3) is 0 Å². The Labute approximate surface area is 138 Å². The molecule has 1 aromatic carbocycles. The Balaban J connectivity index is 2.29. The van der Waals surface area contributed by atoms with E-state index in [0.717, 1.165) is 19.3 Å². The van der Waals surface area contributed by atoms with Crippen molar-refractivity contribution in [1.82, 2.24) is 0 Å². The van der Waals surface area contributed by atoms with Crippen LogP contribution >= 0.6 is 0 Å². The van der Waals surface area contributed by atoms with Gasteiger partial charge in [-0.15, -0.1) is 0 Å². The molecule has 7 heteroatoms. The van der Waals surface area contributed by atoms with Gasteiger partial charge in [0.05, 0.1) is 11.8 Å². The summed E-state index contributed by atoms with van der Waals surface area (Å²) in [6.45, 7) is 1.51. The molecule has 1 amide bonds. The number of rotatable bonds is 5. The maximum absolute atomic E-state index is 13.8. The Morgan fingerprint density at radius 3 is 2.21 bits per heavy atom. The largest absolute Gasteiger partial charge is 0.481 e. The molecule has 1 aliphatic rings. The van der Waals surface area contributed by atoms with Gasteiger partial charge in [0, 0.05) is 12.1 Å². The molecule has 4 nitrogen and oxygen atoms in total. The van der Waals surface area contributed by atoms with Crippen molar-refractivity contribution in [1.29, 1.82) is 0 Å². The molecule has 0 spiro atoms. The summed E-state index contributed by atoms with van der Waals surface area (Å²) in [5.41, 5.74) is -2.05. The number of carboxylic acid groups (broad SMARTS) is 1. The summed E-state index contributed by atoms with van der Waals surface area (Å²) in [6.07, 6.45) is 3.71. The van der Waals surface area contributed by atoms with Crippen molar-refractivity contribution < 1.29 is 27.9 Å². The van der Waals surface area contributed by atoms with Gasteiger partial charge in [0.1, 0.15) is 11.5 Å². The van der Waals surface area contributed by atoms with Gasteiger partial charge in [0.2, 0.25) is 5.91 Å². The highest BCUT2D eigenvalue weighted by atomic mass is 19.1. The fourth-order valence-electron chi connectivity index (χ4n) is 3.38. The van der Waals surface area contributed by atoms with Crippen LogP contribution in [-0.4, -0.2) is 17.0 Å². The minimum absolute atomic E-state index is 0.186. The molecule has 1 aliphatic carbocycles. The van der Waals surface area contributed by atoms with Crippen molar-refractivity contribution in [3.05, 3.63) is 29.6 Å². The van der Waals surface area contributed by atoms with Crippen LogP contribution in [-0.2, 0) is 9.59 Å². The van der Waals surface area contributed by atoms with Crippen LogP contribution in [0.1, 0.15) is 45.4 Å². The minimum Gasteiger partial charge on any atom is -0.481 e. The number of benzene rings is 1. The maximum Gasteiger partial charge on any atom is 0.304 e. The lowest BCUT2D eigenvalue weighted by Crippen LogP contribution is -2.43. The number of anilines is 1. The van der Waals surface area contributed by atoms with E-state index >= 15 is 0 Å². The molecule has 0 radical (unpaired) electrons. The predicted molar refractivity (Wildman–Crippen MR) is 81.9 cm³/mol. The Hall–Kier alpha value is -2.05. The van der Waals surface area contributed by atoms with E-state index in [2.05, 4.69) is 5.32 Å². The summed E-state index contributed by atoms with van der Waals surface area (Å²) in [5, 5.41) is 11.3. The summed E-state index contributed by atoms with van der Waals surface area (Å²) in [7, 11) is 0. The highest BCUT2D eigenvalue weighted by molar-refractivity contribution is 5.97. The van der Waals surface area contributed by atoms with Crippen LogP contribution in [0.3, 0.4) is 0 Å². The van der Waals surface area contributed by atoms with E-state index in [1.54, 1.807) is 0 Å². The second kappa shape index (κ2) is 7.23. The number of hydrogen-bond donors (Lipinski definition) is 2. The molecular formula is C17H20F3NO3. The fraction of sp³-hybridized carbons (Fsp3) is 0.529. The molecule has 0 saturated heterocycles. The van der Waals surface area contributed by atoms with Crippen LogP contribution in [0.25, 0.3) is 0 Å². The molecule has 2 rings (SSSR count). The van der Waals surface area contributed by atoms with Gasteiger partial charge < -0.3 is 10.4 Å². The van der Waals surface area contributed by atoms with E-state index in [1.807, 2.05) is 0 Å². The van der Waals surface area contributed by atoms with Crippen molar-refractivity contribution in [3.8, 4) is 0 Å². The molecule has 1 aromatic rings. The SMILES string of the molecule is CC(CC(=O)O)(C(=O)Nc1c(F)cc(F)cc1F)C1CCCCC1. The van der Waals surface area contributed by atoms with Gasteiger partial charge in [-0.05, 0) is 25.7 Å². The quantitative estimate of drug-likeness (QED) is 0.846. The van der Waals surface area contributed by atoms with Crippen LogP contribution in [0, 0.1) is 28.8 Å². The zero-order valence-corrected chi connectivity index (χ0v) is 13.4. The van der Waals surface area contributed by atoms with Gasteiger partial charge in [-0.2, -0.15) is 0 Å². The summed E-state index contributed by atoms with van der Waals surface area (Å²) < 4.78 is 40.5. The van der Waals surface area contributed by atoms with Crippen LogP contribution in [0.4, 0.5) is 18.9 Å².